The molecule has 1 heterocycles. The lowest BCUT2D eigenvalue weighted by Crippen LogP contribution is -2.30. The molecule has 3 heteroatoms. The normalized spacial score (nSPS) is 14.0. The maximum atomic E-state index is 11.4. The Morgan fingerprint density at radius 2 is 1.90 bits per heavy atom. The molecule has 0 N–H and O–H groups in total. The molecule has 0 radical (unpaired) electrons. The first-order valence-corrected chi connectivity index (χ1v) is 7.56. The van der Waals surface area contributed by atoms with E-state index >= 15 is 0 Å². The number of hydrogen-bond donors (Lipinski definition) is 0. The van der Waals surface area contributed by atoms with Gasteiger partial charge in [0.05, 0.1) is 5.69 Å². The largest absolute Gasteiger partial charge is 0.366 e. The van der Waals surface area contributed by atoms with Crippen molar-refractivity contribution >= 4 is 27.4 Å². The predicted octanol–water partition coefficient (Wildman–Crippen LogP) is 4.21. The maximum Gasteiger partial charge on any atom is 0.159 e. The van der Waals surface area contributed by atoms with Crippen molar-refractivity contribution in [2.45, 2.75) is 19.9 Å². The number of ketones is 1. The minimum Gasteiger partial charge on any atom is -0.366 e. The second-order valence-electron chi connectivity index (χ2n) is 5.16. The van der Waals surface area contributed by atoms with Crippen molar-refractivity contribution in [1.82, 2.24) is 0 Å². The quantitative estimate of drug-likeness (QED) is 0.769. The predicted molar refractivity (Wildman–Crippen MR) is 85.3 cm³/mol. The zero-order valence-corrected chi connectivity index (χ0v) is 13.0. The zero-order valence-electron chi connectivity index (χ0n) is 11.4. The highest BCUT2D eigenvalue weighted by atomic mass is 79.9. The van der Waals surface area contributed by atoms with E-state index in [-0.39, 0.29) is 5.78 Å². The van der Waals surface area contributed by atoms with Crippen LogP contribution in [0, 0.1) is 0 Å². The van der Waals surface area contributed by atoms with Crippen LogP contribution in [-0.2, 0) is 13.0 Å². The second-order valence-corrected chi connectivity index (χ2v) is 6.02. The number of carbonyl (C=O) groups excluding carboxylic acids is 1. The fourth-order valence-corrected chi connectivity index (χ4v) is 3.31. The molecule has 2 aromatic rings. The third kappa shape index (κ3) is 2.50. The standard InChI is InChI=1S/C17H16BrNO/c1-12(20)14-6-7-17(16(18)10-14)19-9-8-13-4-2-3-5-15(13)11-19/h2-7,10H,8-9,11H2,1H3. The van der Waals surface area contributed by atoms with E-state index in [0.717, 1.165) is 35.2 Å². The van der Waals surface area contributed by atoms with Crippen molar-refractivity contribution in [1.29, 1.82) is 0 Å². The third-order valence-electron chi connectivity index (χ3n) is 3.83. The number of nitrogens with zero attached hydrogens (tertiary/aromatic N) is 1. The van der Waals surface area contributed by atoms with Gasteiger partial charge < -0.3 is 4.90 Å². The molecule has 1 aliphatic heterocycles. The van der Waals surface area contributed by atoms with E-state index in [4.69, 9.17) is 0 Å². The monoisotopic (exact) mass is 329 g/mol. The van der Waals surface area contributed by atoms with Crippen LogP contribution in [0.25, 0.3) is 0 Å². The van der Waals surface area contributed by atoms with Crippen molar-refractivity contribution in [3.63, 3.8) is 0 Å². The van der Waals surface area contributed by atoms with Crippen LogP contribution in [-0.4, -0.2) is 12.3 Å². The number of halogens is 1. The average Bonchev–Trinajstić information content (AvgIpc) is 2.46. The van der Waals surface area contributed by atoms with Crippen LogP contribution in [0.15, 0.2) is 46.9 Å². The summed E-state index contributed by atoms with van der Waals surface area (Å²) in [7, 11) is 0. The molecule has 0 saturated carbocycles. The molecule has 102 valence electrons. The first-order chi connectivity index (χ1) is 9.65. The van der Waals surface area contributed by atoms with Gasteiger partial charge >= 0.3 is 0 Å². The Balaban J connectivity index is 1.90. The summed E-state index contributed by atoms with van der Waals surface area (Å²) in [5.41, 5.74) is 4.74. The molecule has 3 rings (SSSR count). The van der Waals surface area contributed by atoms with Crippen molar-refractivity contribution in [3.8, 4) is 0 Å². The van der Waals surface area contributed by atoms with Gasteiger partial charge in [0.15, 0.2) is 5.78 Å². The van der Waals surface area contributed by atoms with E-state index in [0.29, 0.717) is 0 Å². The first kappa shape index (κ1) is 13.4. The Hall–Kier alpha value is -1.61. The van der Waals surface area contributed by atoms with Crippen molar-refractivity contribution in [2.24, 2.45) is 0 Å². The molecular formula is C17H16BrNO. The van der Waals surface area contributed by atoms with Gasteiger partial charge in [0.25, 0.3) is 0 Å². The highest BCUT2D eigenvalue weighted by molar-refractivity contribution is 9.10. The van der Waals surface area contributed by atoms with E-state index in [9.17, 15) is 4.79 Å². The van der Waals surface area contributed by atoms with Crippen LogP contribution in [0.5, 0.6) is 0 Å². The highest BCUT2D eigenvalue weighted by Gasteiger charge is 2.18. The summed E-state index contributed by atoms with van der Waals surface area (Å²) in [6.07, 6.45) is 1.07. The highest BCUT2D eigenvalue weighted by Crippen LogP contribution is 2.31. The number of carbonyl (C=O) groups is 1. The molecule has 0 aliphatic carbocycles. The van der Waals surface area contributed by atoms with Gasteiger partial charge in [0, 0.05) is 23.1 Å². The molecule has 2 nitrogen and oxygen atoms in total. The fourth-order valence-electron chi connectivity index (χ4n) is 2.68. The Morgan fingerprint density at radius 3 is 2.60 bits per heavy atom. The van der Waals surface area contributed by atoms with Gasteiger partial charge in [0.2, 0.25) is 0 Å². The Bertz CT molecular complexity index is 666. The molecular weight excluding hydrogens is 314 g/mol. The Kier molecular flexibility index (Phi) is 3.62. The molecule has 0 amide bonds. The van der Waals surface area contributed by atoms with Gasteiger partial charge in [-0.15, -0.1) is 0 Å². The van der Waals surface area contributed by atoms with Crippen molar-refractivity contribution in [3.05, 3.63) is 63.6 Å². The number of rotatable bonds is 2. The van der Waals surface area contributed by atoms with Gasteiger partial charge in [-0.25, -0.2) is 0 Å². The molecule has 0 saturated heterocycles. The summed E-state index contributed by atoms with van der Waals surface area (Å²) < 4.78 is 0.990. The van der Waals surface area contributed by atoms with E-state index in [1.54, 1.807) is 6.92 Å². The smallest absolute Gasteiger partial charge is 0.159 e. The van der Waals surface area contributed by atoms with Crippen LogP contribution < -0.4 is 4.90 Å². The minimum absolute atomic E-state index is 0.0984. The Labute approximate surface area is 127 Å². The molecule has 0 spiro atoms. The third-order valence-corrected chi connectivity index (χ3v) is 4.46. The van der Waals surface area contributed by atoms with Crippen LogP contribution in [0.2, 0.25) is 0 Å². The topological polar surface area (TPSA) is 20.3 Å². The summed E-state index contributed by atoms with van der Waals surface area (Å²) in [5.74, 6) is 0.0984. The molecule has 20 heavy (non-hydrogen) atoms. The summed E-state index contributed by atoms with van der Waals surface area (Å²) in [6, 6.07) is 14.5. The van der Waals surface area contributed by atoms with Crippen LogP contribution in [0.3, 0.4) is 0 Å². The van der Waals surface area contributed by atoms with Crippen molar-refractivity contribution < 1.29 is 4.79 Å². The van der Waals surface area contributed by atoms with E-state index in [2.05, 4.69) is 45.1 Å². The van der Waals surface area contributed by atoms with Gasteiger partial charge in [-0.05, 0) is 58.6 Å². The average molecular weight is 330 g/mol. The van der Waals surface area contributed by atoms with E-state index < -0.39 is 0 Å². The zero-order chi connectivity index (χ0) is 14.1. The molecule has 0 aromatic heterocycles. The molecule has 0 fully saturated rings. The lowest BCUT2D eigenvalue weighted by Gasteiger charge is -2.31. The van der Waals surface area contributed by atoms with E-state index in [1.807, 2.05) is 18.2 Å². The lowest BCUT2D eigenvalue weighted by atomic mass is 9.99. The number of Topliss-reactive ketones (excluding diaryl/α,β-unsaturated/α-hetero) is 1. The second kappa shape index (κ2) is 5.41. The summed E-state index contributed by atoms with van der Waals surface area (Å²) in [4.78, 5) is 13.8. The number of benzene rings is 2. The SMILES string of the molecule is CC(=O)c1ccc(N2CCc3ccccc3C2)c(Br)c1. The number of hydrogen-bond acceptors (Lipinski definition) is 2. The lowest BCUT2D eigenvalue weighted by molar-refractivity contribution is 0.101. The van der Waals surface area contributed by atoms with Gasteiger partial charge in [-0.2, -0.15) is 0 Å². The first-order valence-electron chi connectivity index (χ1n) is 6.77. The molecule has 0 bridgehead atoms. The molecule has 2 aromatic carbocycles. The van der Waals surface area contributed by atoms with Crippen molar-refractivity contribution in [2.75, 3.05) is 11.4 Å². The van der Waals surface area contributed by atoms with E-state index in [1.165, 1.54) is 11.1 Å². The molecule has 0 unspecified atom stereocenters. The van der Waals surface area contributed by atoms with Crippen LogP contribution in [0.1, 0.15) is 28.4 Å². The Morgan fingerprint density at radius 1 is 1.15 bits per heavy atom. The van der Waals surface area contributed by atoms with Gasteiger partial charge in [-0.1, -0.05) is 24.3 Å². The van der Waals surface area contributed by atoms with Gasteiger partial charge in [0.1, 0.15) is 0 Å². The van der Waals surface area contributed by atoms with Crippen LogP contribution >= 0.6 is 15.9 Å². The summed E-state index contributed by atoms with van der Waals surface area (Å²) >= 11 is 3.60. The maximum absolute atomic E-state index is 11.4. The summed E-state index contributed by atoms with van der Waals surface area (Å²) in [5, 5.41) is 0. The number of fused-ring (bicyclic) bond motifs is 1. The molecule has 1 aliphatic rings. The molecule has 0 atom stereocenters. The van der Waals surface area contributed by atoms with Gasteiger partial charge in [-0.3, -0.25) is 4.79 Å². The summed E-state index contributed by atoms with van der Waals surface area (Å²) in [6.45, 7) is 3.53. The number of anilines is 1. The fraction of sp³-hybridized carbons (Fsp3) is 0.235. The minimum atomic E-state index is 0.0984. The van der Waals surface area contributed by atoms with Crippen LogP contribution in [0.4, 0.5) is 5.69 Å².